The zero-order chi connectivity index (χ0) is 26.2. The van der Waals surface area contributed by atoms with Crippen molar-refractivity contribution in [3.05, 3.63) is 54.1 Å². The van der Waals surface area contributed by atoms with Crippen LogP contribution in [0.5, 0.6) is 0 Å². The molecule has 0 unspecified atom stereocenters. The van der Waals surface area contributed by atoms with Gasteiger partial charge in [0.15, 0.2) is 11.5 Å². The highest BCUT2D eigenvalue weighted by atomic mass is 16.5. The van der Waals surface area contributed by atoms with E-state index in [1.807, 2.05) is 24.3 Å². The number of hydrogen-bond acceptors (Lipinski definition) is 11. The zero-order valence-electron chi connectivity index (χ0n) is 21.2. The SMILES string of the molecule is N#Cc1nc(-c2ccnc(Nc3ccc(CC(=O)CN4CCOCC4)nc3)n2)ccc1N1CCCOCC1. The molecule has 2 saturated heterocycles. The standard InChI is InChI=1S/C27H30N8O3/c28-17-25-26(35-8-1-12-37-15-11-35)5-4-23(32-25)24-6-7-29-27(33-24)31-21-3-2-20(30-18-21)16-22(36)19-34-9-13-38-14-10-34/h2-7,18H,1,8-16,19H2,(H,29,31,33). The van der Waals surface area contributed by atoms with Gasteiger partial charge < -0.3 is 19.7 Å². The Bertz CT molecular complexity index is 1280. The van der Waals surface area contributed by atoms with E-state index in [1.165, 1.54) is 0 Å². The second kappa shape index (κ2) is 12.5. The number of Topliss-reactive ketones (excluding diaryl/α,β-unsaturated/α-hetero) is 1. The van der Waals surface area contributed by atoms with Crippen LogP contribution in [0.25, 0.3) is 11.4 Å². The Hall–Kier alpha value is -3.98. The molecular weight excluding hydrogens is 484 g/mol. The maximum Gasteiger partial charge on any atom is 0.227 e. The number of hydrogen-bond donors (Lipinski definition) is 1. The van der Waals surface area contributed by atoms with Crippen LogP contribution in [0.3, 0.4) is 0 Å². The number of ketones is 1. The molecule has 1 N–H and O–H groups in total. The first-order valence-electron chi connectivity index (χ1n) is 12.8. The Kier molecular flexibility index (Phi) is 8.45. The molecule has 2 aliphatic rings. The number of pyridine rings is 2. The summed E-state index contributed by atoms with van der Waals surface area (Å²) in [5.41, 5.74) is 3.78. The lowest BCUT2D eigenvalue weighted by molar-refractivity contribution is -0.120. The van der Waals surface area contributed by atoms with Crippen molar-refractivity contribution in [1.82, 2.24) is 24.8 Å². The lowest BCUT2D eigenvalue weighted by Crippen LogP contribution is -2.39. The number of anilines is 3. The number of aromatic nitrogens is 4. The number of morpholine rings is 1. The van der Waals surface area contributed by atoms with Crippen molar-refractivity contribution >= 4 is 23.1 Å². The second-order valence-electron chi connectivity index (χ2n) is 9.16. The van der Waals surface area contributed by atoms with Gasteiger partial charge in [-0.3, -0.25) is 14.7 Å². The lowest BCUT2D eigenvalue weighted by atomic mass is 10.2. The van der Waals surface area contributed by atoms with Crippen molar-refractivity contribution in [3.63, 3.8) is 0 Å². The maximum absolute atomic E-state index is 12.4. The largest absolute Gasteiger partial charge is 0.380 e. The molecule has 0 spiro atoms. The molecule has 2 fully saturated rings. The Balaban J connectivity index is 1.23. The molecule has 2 aliphatic heterocycles. The van der Waals surface area contributed by atoms with Crippen LogP contribution in [0.1, 0.15) is 17.8 Å². The summed E-state index contributed by atoms with van der Waals surface area (Å²) in [7, 11) is 0. The Morgan fingerprint density at radius 1 is 0.947 bits per heavy atom. The average Bonchev–Trinajstić information content (AvgIpc) is 3.24. The zero-order valence-corrected chi connectivity index (χ0v) is 21.2. The van der Waals surface area contributed by atoms with E-state index >= 15 is 0 Å². The first kappa shape index (κ1) is 25.7. The van der Waals surface area contributed by atoms with Gasteiger partial charge in [0, 0.05) is 44.7 Å². The van der Waals surface area contributed by atoms with Crippen LogP contribution in [0.4, 0.5) is 17.3 Å². The molecule has 0 amide bonds. The van der Waals surface area contributed by atoms with Gasteiger partial charge in [0.25, 0.3) is 0 Å². The molecule has 0 bridgehead atoms. The first-order chi connectivity index (χ1) is 18.7. The average molecular weight is 515 g/mol. The third-order valence-corrected chi connectivity index (χ3v) is 6.42. The smallest absolute Gasteiger partial charge is 0.227 e. The van der Waals surface area contributed by atoms with Gasteiger partial charge in [0.2, 0.25) is 5.95 Å². The van der Waals surface area contributed by atoms with Crippen LogP contribution in [-0.4, -0.2) is 89.8 Å². The minimum atomic E-state index is 0.135. The van der Waals surface area contributed by atoms with Crippen molar-refractivity contribution in [3.8, 4) is 17.5 Å². The number of nitrogens with one attached hydrogen (secondary N) is 1. The quantitative estimate of drug-likeness (QED) is 0.475. The van der Waals surface area contributed by atoms with Crippen molar-refractivity contribution < 1.29 is 14.3 Å². The van der Waals surface area contributed by atoms with E-state index in [-0.39, 0.29) is 12.2 Å². The summed E-state index contributed by atoms with van der Waals surface area (Å²) in [6.07, 6.45) is 4.51. The minimum absolute atomic E-state index is 0.135. The summed E-state index contributed by atoms with van der Waals surface area (Å²) in [6.45, 7) is 6.24. The highest BCUT2D eigenvalue weighted by Gasteiger charge is 2.17. The predicted molar refractivity (Wildman–Crippen MR) is 141 cm³/mol. The van der Waals surface area contributed by atoms with E-state index in [0.717, 1.165) is 44.9 Å². The van der Waals surface area contributed by atoms with Crippen molar-refractivity contribution in [1.29, 1.82) is 5.26 Å². The van der Waals surface area contributed by atoms with Gasteiger partial charge >= 0.3 is 0 Å². The molecule has 0 atom stereocenters. The van der Waals surface area contributed by atoms with Gasteiger partial charge in [-0.15, -0.1) is 0 Å². The molecule has 11 nitrogen and oxygen atoms in total. The molecule has 5 heterocycles. The van der Waals surface area contributed by atoms with Gasteiger partial charge in [0.1, 0.15) is 6.07 Å². The van der Waals surface area contributed by atoms with Gasteiger partial charge in [-0.25, -0.2) is 15.0 Å². The van der Waals surface area contributed by atoms with Crippen LogP contribution in [-0.2, 0) is 20.7 Å². The molecule has 3 aromatic heterocycles. The van der Waals surface area contributed by atoms with Crippen LogP contribution in [0.2, 0.25) is 0 Å². The molecule has 0 aromatic carbocycles. The number of carbonyl (C=O) groups excluding carboxylic acids is 1. The minimum Gasteiger partial charge on any atom is -0.380 e. The van der Waals surface area contributed by atoms with Crippen molar-refractivity contribution in [2.45, 2.75) is 12.8 Å². The topological polar surface area (TPSA) is 129 Å². The van der Waals surface area contributed by atoms with E-state index < -0.39 is 0 Å². The molecule has 3 aromatic rings. The van der Waals surface area contributed by atoms with Gasteiger partial charge in [0.05, 0.1) is 61.7 Å². The highest BCUT2D eigenvalue weighted by molar-refractivity contribution is 5.82. The van der Waals surface area contributed by atoms with Crippen LogP contribution in [0.15, 0.2) is 42.7 Å². The van der Waals surface area contributed by atoms with E-state index in [9.17, 15) is 10.1 Å². The Morgan fingerprint density at radius 2 is 1.76 bits per heavy atom. The first-order valence-corrected chi connectivity index (χ1v) is 12.8. The third kappa shape index (κ3) is 6.66. The van der Waals surface area contributed by atoms with E-state index in [1.54, 1.807) is 18.5 Å². The number of nitriles is 1. The van der Waals surface area contributed by atoms with Crippen LogP contribution < -0.4 is 10.2 Å². The van der Waals surface area contributed by atoms with E-state index in [2.05, 4.69) is 41.1 Å². The molecule has 0 aliphatic carbocycles. The fourth-order valence-corrected chi connectivity index (χ4v) is 4.48. The van der Waals surface area contributed by atoms with Crippen molar-refractivity contribution in [2.24, 2.45) is 0 Å². The number of carbonyl (C=O) groups is 1. The number of nitrogens with zero attached hydrogens (tertiary/aromatic N) is 7. The molecular formula is C27H30N8O3. The molecule has 11 heteroatoms. The molecule has 0 radical (unpaired) electrons. The summed E-state index contributed by atoms with van der Waals surface area (Å²) in [5, 5.41) is 12.9. The monoisotopic (exact) mass is 514 g/mol. The van der Waals surface area contributed by atoms with Crippen LogP contribution in [0, 0.1) is 11.3 Å². The normalized spacial score (nSPS) is 16.4. The van der Waals surface area contributed by atoms with Gasteiger partial charge in [-0.05, 0) is 36.8 Å². The van der Waals surface area contributed by atoms with E-state index in [4.69, 9.17) is 9.47 Å². The fraction of sp³-hybridized carbons (Fsp3) is 0.407. The molecule has 5 rings (SSSR count). The third-order valence-electron chi connectivity index (χ3n) is 6.42. The fourth-order valence-electron chi connectivity index (χ4n) is 4.48. The number of rotatable bonds is 8. The van der Waals surface area contributed by atoms with Crippen LogP contribution >= 0.6 is 0 Å². The molecule has 38 heavy (non-hydrogen) atoms. The second-order valence-corrected chi connectivity index (χ2v) is 9.16. The summed E-state index contributed by atoms with van der Waals surface area (Å²) in [6, 6.07) is 11.5. The summed E-state index contributed by atoms with van der Waals surface area (Å²) < 4.78 is 10.9. The molecule has 0 saturated carbocycles. The van der Waals surface area contributed by atoms with Gasteiger partial charge in [-0.2, -0.15) is 5.26 Å². The Labute approximate surface area is 221 Å². The van der Waals surface area contributed by atoms with Crippen molar-refractivity contribution in [2.75, 3.05) is 69.4 Å². The van der Waals surface area contributed by atoms with E-state index in [0.29, 0.717) is 60.8 Å². The summed E-state index contributed by atoms with van der Waals surface area (Å²) in [5.74, 6) is 0.519. The highest BCUT2D eigenvalue weighted by Crippen LogP contribution is 2.25. The molecule has 196 valence electrons. The van der Waals surface area contributed by atoms with Gasteiger partial charge in [-0.1, -0.05) is 0 Å². The maximum atomic E-state index is 12.4. The summed E-state index contributed by atoms with van der Waals surface area (Å²) in [4.78, 5) is 34.6. The number of ether oxygens (including phenoxy) is 2. The predicted octanol–water partition coefficient (Wildman–Crippen LogP) is 2.22. The lowest BCUT2D eigenvalue weighted by Gasteiger charge is -2.25. The summed E-state index contributed by atoms with van der Waals surface area (Å²) >= 11 is 0. The Morgan fingerprint density at radius 3 is 2.58 bits per heavy atom.